The van der Waals surface area contributed by atoms with Gasteiger partial charge in [-0.2, -0.15) is 0 Å². The van der Waals surface area contributed by atoms with Crippen molar-refractivity contribution in [1.82, 2.24) is 0 Å². The fraction of sp³-hybridized carbons (Fsp3) is 0.200. The van der Waals surface area contributed by atoms with Gasteiger partial charge in [-0.1, -0.05) is 22.9 Å². The van der Waals surface area contributed by atoms with E-state index in [0.29, 0.717) is 16.5 Å². The Morgan fingerprint density at radius 2 is 2.27 bits per heavy atom. The van der Waals surface area contributed by atoms with Crippen LogP contribution in [0.1, 0.15) is 18.9 Å². The first-order valence-electron chi connectivity index (χ1n) is 4.34. The molecule has 0 spiro atoms. The third-order valence-corrected chi connectivity index (χ3v) is 2.27. The smallest absolute Gasteiger partial charge is 0.246 e. The predicted molar refractivity (Wildman–Crippen MR) is 59.4 cm³/mol. The van der Waals surface area contributed by atoms with Crippen LogP contribution in [-0.2, 0) is 0 Å². The zero-order valence-corrected chi connectivity index (χ0v) is 9.62. The van der Waals surface area contributed by atoms with Crippen molar-refractivity contribution in [3.63, 3.8) is 0 Å². The van der Waals surface area contributed by atoms with Crippen LogP contribution in [-0.4, -0.2) is 4.92 Å². The van der Waals surface area contributed by atoms with Crippen molar-refractivity contribution in [3.05, 3.63) is 49.9 Å². The van der Waals surface area contributed by atoms with Crippen LogP contribution in [0, 0.1) is 15.9 Å². The summed E-state index contributed by atoms with van der Waals surface area (Å²) < 4.78 is 13.5. The number of hydrogen-bond acceptors (Lipinski definition) is 2. The first kappa shape index (κ1) is 11.8. The van der Waals surface area contributed by atoms with E-state index in [9.17, 15) is 14.5 Å². The highest BCUT2D eigenvalue weighted by Gasteiger charge is 2.07. The SMILES string of the molecule is CC/C(=C/c1cc(F)cc(Br)c1)[N+](=O)[O-]. The van der Waals surface area contributed by atoms with Crippen LogP contribution in [0.2, 0.25) is 0 Å². The van der Waals surface area contributed by atoms with Crippen molar-refractivity contribution < 1.29 is 9.31 Å². The maximum atomic E-state index is 13.0. The maximum absolute atomic E-state index is 13.0. The van der Waals surface area contributed by atoms with Crippen molar-refractivity contribution in [1.29, 1.82) is 0 Å². The number of allylic oxidation sites excluding steroid dienone is 1. The molecule has 3 nitrogen and oxygen atoms in total. The summed E-state index contributed by atoms with van der Waals surface area (Å²) in [6.07, 6.45) is 1.68. The van der Waals surface area contributed by atoms with Crippen LogP contribution >= 0.6 is 15.9 Å². The quantitative estimate of drug-likeness (QED) is 0.624. The number of nitro groups is 1. The number of benzene rings is 1. The average Bonchev–Trinajstić information content (AvgIpc) is 2.12. The minimum absolute atomic E-state index is 0.0625. The largest absolute Gasteiger partial charge is 0.259 e. The molecule has 80 valence electrons. The second-order valence-electron chi connectivity index (χ2n) is 2.95. The van der Waals surface area contributed by atoms with Crippen molar-refractivity contribution in [2.75, 3.05) is 0 Å². The Balaban J connectivity index is 3.11. The second-order valence-corrected chi connectivity index (χ2v) is 3.86. The lowest BCUT2D eigenvalue weighted by molar-refractivity contribution is -0.425. The predicted octanol–water partition coefficient (Wildman–Crippen LogP) is 3.62. The maximum Gasteiger partial charge on any atom is 0.246 e. The monoisotopic (exact) mass is 273 g/mol. The van der Waals surface area contributed by atoms with E-state index in [4.69, 9.17) is 0 Å². The molecular formula is C10H9BrFNO2. The van der Waals surface area contributed by atoms with Crippen molar-refractivity contribution in [2.45, 2.75) is 13.3 Å². The topological polar surface area (TPSA) is 43.1 Å². The third kappa shape index (κ3) is 3.43. The van der Waals surface area contributed by atoms with E-state index in [2.05, 4.69) is 15.9 Å². The van der Waals surface area contributed by atoms with Gasteiger partial charge in [0.15, 0.2) is 0 Å². The minimum Gasteiger partial charge on any atom is -0.259 e. The molecule has 0 heterocycles. The van der Waals surface area contributed by atoms with E-state index in [-0.39, 0.29) is 5.70 Å². The summed E-state index contributed by atoms with van der Waals surface area (Å²) in [5.74, 6) is -0.422. The molecule has 0 bridgehead atoms. The lowest BCUT2D eigenvalue weighted by Gasteiger charge is -1.97. The highest BCUT2D eigenvalue weighted by Crippen LogP contribution is 2.18. The highest BCUT2D eigenvalue weighted by atomic mass is 79.9. The Labute approximate surface area is 94.9 Å². The molecule has 0 fully saturated rings. The van der Waals surface area contributed by atoms with Gasteiger partial charge < -0.3 is 0 Å². The van der Waals surface area contributed by atoms with Gasteiger partial charge in [-0.3, -0.25) is 10.1 Å². The molecule has 0 amide bonds. The summed E-state index contributed by atoms with van der Waals surface area (Å²) in [5, 5.41) is 10.5. The summed E-state index contributed by atoms with van der Waals surface area (Å²) in [6.45, 7) is 1.68. The van der Waals surface area contributed by atoms with Gasteiger partial charge in [-0.25, -0.2) is 4.39 Å². The summed E-state index contributed by atoms with van der Waals surface area (Å²) in [4.78, 5) is 10.1. The third-order valence-electron chi connectivity index (χ3n) is 1.81. The Hall–Kier alpha value is -1.23. The molecule has 1 rings (SSSR count). The van der Waals surface area contributed by atoms with E-state index < -0.39 is 10.7 Å². The van der Waals surface area contributed by atoms with Gasteiger partial charge in [-0.05, 0) is 23.8 Å². The highest BCUT2D eigenvalue weighted by molar-refractivity contribution is 9.10. The van der Waals surface area contributed by atoms with Crippen LogP contribution in [0.3, 0.4) is 0 Å². The number of halogens is 2. The molecule has 0 radical (unpaired) electrons. The van der Waals surface area contributed by atoms with E-state index in [1.807, 2.05) is 0 Å². The van der Waals surface area contributed by atoms with E-state index in [0.717, 1.165) is 0 Å². The number of nitrogens with zero attached hydrogens (tertiary/aromatic N) is 1. The van der Waals surface area contributed by atoms with Crippen LogP contribution in [0.5, 0.6) is 0 Å². The summed E-state index contributed by atoms with van der Waals surface area (Å²) in [6, 6.07) is 4.18. The van der Waals surface area contributed by atoms with Gasteiger partial charge >= 0.3 is 0 Å². The summed E-state index contributed by atoms with van der Waals surface area (Å²) in [5.41, 5.74) is 0.544. The van der Waals surface area contributed by atoms with Crippen molar-refractivity contribution >= 4 is 22.0 Å². The standard InChI is InChI=1S/C10H9BrFNO2/c1-2-10(13(14)15)5-7-3-8(11)6-9(12)4-7/h3-6H,2H2,1H3/b10-5-. The van der Waals surface area contributed by atoms with Gasteiger partial charge in [0.2, 0.25) is 5.70 Å². The normalized spacial score (nSPS) is 11.5. The first-order chi connectivity index (χ1) is 7.02. The molecule has 1 aromatic rings. The fourth-order valence-electron chi connectivity index (χ4n) is 1.13. The summed E-state index contributed by atoms with van der Waals surface area (Å²) >= 11 is 3.12. The molecular weight excluding hydrogens is 265 g/mol. The van der Waals surface area contributed by atoms with Gasteiger partial charge in [0.1, 0.15) is 5.82 Å². The average molecular weight is 274 g/mol. The van der Waals surface area contributed by atoms with Crippen LogP contribution in [0.4, 0.5) is 4.39 Å². The Kier molecular flexibility index (Phi) is 3.96. The lowest BCUT2D eigenvalue weighted by atomic mass is 10.1. The zero-order chi connectivity index (χ0) is 11.4. The molecule has 0 saturated heterocycles. The van der Waals surface area contributed by atoms with Crippen LogP contribution in [0.15, 0.2) is 28.4 Å². The van der Waals surface area contributed by atoms with E-state index in [1.165, 1.54) is 18.2 Å². The molecule has 0 unspecified atom stereocenters. The molecule has 1 aromatic carbocycles. The van der Waals surface area contributed by atoms with Crippen LogP contribution < -0.4 is 0 Å². The zero-order valence-electron chi connectivity index (χ0n) is 8.04. The van der Waals surface area contributed by atoms with Crippen molar-refractivity contribution in [2.24, 2.45) is 0 Å². The van der Waals surface area contributed by atoms with E-state index in [1.54, 1.807) is 13.0 Å². The molecule has 0 aliphatic carbocycles. The molecule has 0 atom stereocenters. The fourth-order valence-corrected chi connectivity index (χ4v) is 1.62. The number of rotatable bonds is 3. The van der Waals surface area contributed by atoms with Gasteiger partial charge in [0.25, 0.3) is 0 Å². The molecule has 15 heavy (non-hydrogen) atoms. The molecule has 0 aromatic heterocycles. The van der Waals surface area contributed by atoms with E-state index >= 15 is 0 Å². The second kappa shape index (κ2) is 5.02. The molecule has 0 aliphatic rings. The molecule has 0 aliphatic heterocycles. The lowest BCUT2D eigenvalue weighted by Crippen LogP contribution is -1.96. The Morgan fingerprint density at radius 1 is 1.60 bits per heavy atom. The number of hydrogen-bond donors (Lipinski definition) is 0. The Bertz CT molecular complexity index is 398. The van der Waals surface area contributed by atoms with Gasteiger partial charge in [-0.15, -0.1) is 0 Å². The van der Waals surface area contributed by atoms with Crippen molar-refractivity contribution in [3.8, 4) is 0 Å². The minimum atomic E-state index is -0.460. The van der Waals surface area contributed by atoms with Gasteiger partial charge in [0.05, 0.1) is 4.92 Å². The van der Waals surface area contributed by atoms with Crippen LogP contribution in [0.25, 0.3) is 6.08 Å². The molecule has 5 heteroatoms. The van der Waals surface area contributed by atoms with Gasteiger partial charge in [0, 0.05) is 17.0 Å². The summed E-state index contributed by atoms with van der Waals surface area (Å²) in [7, 11) is 0. The first-order valence-corrected chi connectivity index (χ1v) is 5.13. The molecule has 0 saturated carbocycles. The Morgan fingerprint density at radius 3 is 2.73 bits per heavy atom. The molecule has 0 N–H and O–H groups in total.